The van der Waals surface area contributed by atoms with Crippen LogP contribution in [0.1, 0.15) is 28.0 Å². The minimum absolute atomic E-state index is 0.00147. The molecule has 3 heterocycles. The van der Waals surface area contributed by atoms with E-state index in [9.17, 15) is 22.7 Å². The quantitative estimate of drug-likeness (QED) is 0.479. The van der Waals surface area contributed by atoms with Crippen molar-refractivity contribution in [2.45, 2.75) is 29.5 Å². The summed E-state index contributed by atoms with van der Waals surface area (Å²) in [7, 11) is -4.07. The van der Waals surface area contributed by atoms with Crippen molar-refractivity contribution >= 4 is 39.4 Å². The first-order valence-electron chi connectivity index (χ1n) is 9.66. The van der Waals surface area contributed by atoms with Crippen molar-refractivity contribution in [1.29, 1.82) is 0 Å². The van der Waals surface area contributed by atoms with Crippen LogP contribution in [0.15, 0.2) is 51.8 Å². The van der Waals surface area contributed by atoms with Crippen molar-refractivity contribution in [2.75, 3.05) is 0 Å². The van der Waals surface area contributed by atoms with E-state index >= 15 is 0 Å². The molecule has 3 N–H and O–H groups in total. The third-order valence-corrected chi connectivity index (χ3v) is 7.80. The number of aromatic amines is 1. The molecule has 1 aliphatic heterocycles. The van der Waals surface area contributed by atoms with E-state index < -0.39 is 22.0 Å². The van der Waals surface area contributed by atoms with Gasteiger partial charge < -0.3 is 10.1 Å². The van der Waals surface area contributed by atoms with Gasteiger partial charge in [-0.1, -0.05) is 11.8 Å². The lowest BCUT2D eigenvalue weighted by atomic mass is 10.0. The number of thiophene rings is 1. The Morgan fingerprint density at radius 3 is 2.78 bits per heavy atom. The number of carboxylic acids is 1. The molecule has 10 heteroatoms. The molecule has 2 aromatic heterocycles. The summed E-state index contributed by atoms with van der Waals surface area (Å²) >= 11 is 0.930. The number of rotatable bonds is 6. The molecule has 7 nitrogen and oxygen atoms in total. The van der Waals surface area contributed by atoms with Crippen molar-refractivity contribution in [3.05, 3.63) is 70.0 Å². The monoisotopic (exact) mass is 471 g/mol. The highest BCUT2D eigenvalue weighted by molar-refractivity contribution is 7.91. The number of halogens is 1. The average Bonchev–Trinajstić information content (AvgIpc) is 3.41. The van der Waals surface area contributed by atoms with Gasteiger partial charge in [-0.2, -0.15) is 4.72 Å². The van der Waals surface area contributed by atoms with Gasteiger partial charge in [0.2, 0.25) is 0 Å². The van der Waals surface area contributed by atoms with Gasteiger partial charge in [-0.15, -0.1) is 11.3 Å². The summed E-state index contributed by atoms with van der Waals surface area (Å²) in [5, 5.41) is 9.61. The van der Waals surface area contributed by atoms with Crippen LogP contribution >= 0.6 is 11.3 Å². The number of nitrogens with one attached hydrogen (secondary N) is 2. The summed E-state index contributed by atoms with van der Waals surface area (Å²) in [6, 6.07) is 7.23. The second-order valence-corrected chi connectivity index (χ2v) is 10.1. The first kappa shape index (κ1) is 22.0. The number of nitrogens with zero attached hydrogens (tertiary/aromatic N) is 1. The highest BCUT2D eigenvalue weighted by atomic mass is 32.2. The lowest BCUT2D eigenvalue weighted by molar-refractivity contribution is -0.138. The van der Waals surface area contributed by atoms with Crippen LogP contribution < -0.4 is 4.72 Å². The van der Waals surface area contributed by atoms with Gasteiger partial charge in [-0.05, 0) is 60.4 Å². The molecule has 0 bridgehead atoms. The summed E-state index contributed by atoms with van der Waals surface area (Å²) < 4.78 is 40.8. The van der Waals surface area contributed by atoms with Crippen LogP contribution in [0.3, 0.4) is 0 Å². The molecule has 0 saturated carbocycles. The Balaban J connectivity index is 1.50. The number of aromatic nitrogens is 1. The Morgan fingerprint density at radius 1 is 1.25 bits per heavy atom. The topological polar surface area (TPSA) is 112 Å². The molecule has 0 saturated heterocycles. The molecule has 32 heavy (non-hydrogen) atoms. The molecule has 0 radical (unpaired) electrons. The third kappa shape index (κ3) is 4.96. The van der Waals surface area contributed by atoms with Gasteiger partial charge in [0.25, 0.3) is 10.0 Å². The molecule has 0 amide bonds. The fourth-order valence-corrected chi connectivity index (χ4v) is 5.63. The minimum atomic E-state index is -4.07. The fraction of sp³-hybridized carbons (Fsp3) is 0.182. The number of hydrogen-bond acceptors (Lipinski definition) is 5. The molecule has 3 aromatic rings. The summed E-state index contributed by atoms with van der Waals surface area (Å²) in [6.07, 6.45) is 4.92. The van der Waals surface area contributed by atoms with Crippen LogP contribution in [0, 0.1) is 17.7 Å². The van der Waals surface area contributed by atoms with E-state index in [4.69, 9.17) is 0 Å². The van der Waals surface area contributed by atoms with E-state index in [1.165, 1.54) is 30.3 Å². The van der Waals surface area contributed by atoms with Crippen molar-refractivity contribution in [3.8, 4) is 11.8 Å². The van der Waals surface area contributed by atoms with Crippen LogP contribution in [-0.2, 0) is 27.7 Å². The molecular formula is C22H18FN3O4S2. The van der Waals surface area contributed by atoms with Gasteiger partial charge in [-0.3, -0.25) is 4.79 Å². The summed E-state index contributed by atoms with van der Waals surface area (Å²) in [5.74, 6) is 4.72. The molecule has 0 fully saturated rings. The number of carbonyl (C=O) groups is 1. The van der Waals surface area contributed by atoms with E-state index in [2.05, 4.69) is 26.5 Å². The highest BCUT2D eigenvalue weighted by Crippen LogP contribution is 2.28. The van der Waals surface area contributed by atoms with Crippen LogP contribution in [0.5, 0.6) is 0 Å². The largest absolute Gasteiger partial charge is 0.480 e. The SMILES string of the molecule is O=C(O)[C@H](Cc1c[nH]c2c1CCC=N2)NS(=O)(=O)c1ccc(C#Cc2ccc(F)cc2)s1. The van der Waals surface area contributed by atoms with Crippen molar-refractivity contribution in [1.82, 2.24) is 9.71 Å². The Kier molecular flexibility index (Phi) is 6.23. The predicted molar refractivity (Wildman–Crippen MR) is 119 cm³/mol. The number of benzene rings is 1. The Labute approximate surface area is 188 Å². The summed E-state index contributed by atoms with van der Waals surface area (Å²) in [5.41, 5.74) is 2.23. The number of fused-ring (bicyclic) bond motifs is 1. The molecule has 4 rings (SSSR count). The Bertz CT molecular complexity index is 1350. The van der Waals surface area contributed by atoms with E-state index in [0.717, 1.165) is 35.3 Å². The standard InChI is InChI=1S/C22H18FN3O4S2/c23-16-6-3-14(4-7-16)5-8-17-9-10-20(31-17)32(29,30)26-19(22(27)28)12-15-13-25-21-18(15)2-1-11-24-21/h3-4,6-7,9-11,13,19,25-26H,1-2,12H2,(H,27,28)/t19-/m0/s1. The lowest BCUT2D eigenvalue weighted by Crippen LogP contribution is -2.42. The summed E-state index contributed by atoms with van der Waals surface area (Å²) in [6.45, 7) is 0. The highest BCUT2D eigenvalue weighted by Gasteiger charge is 2.28. The van der Waals surface area contributed by atoms with Crippen molar-refractivity contribution in [3.63, 3.8) is 0 Å². The van der Waals surface area contributed by atoms with E-state index in [-0.39, 0.29) is 16.4 Å². The van der Waals surface area contributed by atoms with Gasteiger partial charge in [0, 0.05) is 24.4 Å². The average molecular weight is 472 g/mol. The number of aliphatic carboxylic acids is 1. The van der Waals surface area contributed by atoms with E-state index in [0.29, 0.717) is 16.3 Å². The van der Waals surface area contributed by atoms with Crippen LogP contribution in [-0.4, -0.2) is 36.7 Å². The minimum Gasteiger partial charge on any atom is -0.480 e. The normalized spacial score (nSPS) is 13.8. The molecule has 1 atom stereocenters. The van der Waals surface area contributed by atoms with E-state index in [1.54, 1.807) is 18.5 Å². The van der Waals surface area contributed by atoms with Crippen LogP contribution in [0.2, 0.25) is 0 Å². The smallest absolute Gasteiger partial charge is 0.322 e. The Morgan fingerprint density at radius 2 is 2.03 bits per heavy atom. The second-order valence-electron chi connectivity index (χ2n) is 7.08. The molecule has 164 valence electrons. The van der Waals surface area contributed by atoms with Gasteiger partial charge in [0.1, 0.15) is 21.9 Å². The number of aliphatic imine (C=N–C) groups is 1. The van der Waals surface area contributed by atoms with Crippen LogP contribution in [0.25, 0.3) is 0 Å². The second kappa shape index (κ2) is 9.08. The van der Waals surface area contributed by atoms with Gasteiger partial charge in [0.05, 0.1) is 4.88 Å². The van der Waals surface area contributed by atoms with Gasteiger partial charge in [0.15, 0.2) is 0 Å². The molecular weight excluding hydrogens is 453 g/mol. The summed E-state index contributed by atoms with van der Waals surface area (Å²) in [4.78, 5) is 19.5. The van der Waals surface area contributed by atoms with Crippen molar-refractivity contribution in [2.24, 2.45) is 4.99 Å². The number of hydrogen-bond donors (Lipinski definition) is 3. The van der Waals surface area contributed by atoms with Gasteiger partial charge in [-0.25, -0.2) is 17.8 Å². The molecule has 0 unspecified atom stereocenters. The molecule has 1 aliphatic rings. The van der Waals surface area contributed by atoms with Crippen LogP contribution in [0.4, 0.5) is 10.2 Å². The first-order valence-corrected chi connectivity index (χ1v) is 12.0. The first-order chi connectivity index (χ1) is 15.3. The maximum Gasteiger partial charge on any atom is 0.322 e. The van der Waals surface area contributed by atoms with E-state index in [1.807, 2.05) is 0 Å². The maximum absolute atomic E-state index is 13.0. The predicted octanol–water partition coefficient (Wildman–Crippen LogP) is 3.24. The number of sulfonamides is 1. The molecule has 0 aliphatic carbocycles. The third-order valence-electron chi connectivity index (χ3n) is 4.84. The zero-order valence-corrected chi connectivity index (χ0v) is 18.3. The lowest BCUT2D eigenvalue weighted by Gasteiger charge is -2.15. The fourth-order valence-electron chi connectivity index (χ4n) is 3.27. The van der Waals surface area contributed by atoms with Gasteiger partial charge >= 0.3 is 5.97 Å². The number of H-pyrrole nitrogens is 1. The maximum atomic E-state index is 13.0. The van der Waals surface area contributed by atoms with Crippen molar-refractivity contribution < 1.29 is 22.7 Å². The Hall–Kier alpha value is -3.26. The molecule has 1 aromatic carbocycles. The zero-order chi connectivity index (χ0) is 22.7. The number of carboxylic acid groups (broad SMARTS) is 1. The zero-order valence-electron chi connectivity index (χ0n) is 16.6. The molecule has 0 spiro atoms.